The summed E-state index contributed by atoms with van der Waals surface area (Å²) in [4.78, 5) is 25.0. The number of carbonyl (C=O) groups is 1. The number of halogens is 1. The molecule has 3 heterocycles. The fourth-order valence-electron chi connectivity index (χ4n) is 2.77. The lowest BCUT2D eigenvalue weighted by molar-refractivity contribution is -0.132. The van der Waals surface area contributed by atoms with Crippen LogP contribution < -0.4 is 5.32 Å². The number of aliphatic carboxylic acids is 1. The number of benzene rings is 1. The van der Waals surface area contributed by atoms with E-state index in [1.807, 2.05) is 30.3 Å². The average Bonchev–Trinajstić information content (AvgIpc) is 3.27. The Balaban J connectivity index is 1.81. The second-order valence-electron chi connectivity index (χ2n) is 6.21. The summed E-state index contributed by atoms with van der Waals surface area (Å²) in [6, 6.07) is 14.5. The highest BCUT2D eigenvalue weighted by molar-refractivity contribution is 6.30. The van der Waals surface area contributed by atoms with Crippen molar-refractivity contribution in [3.63, 3.8) is 0 Å². The zero-order valence-electron chi connectivity index (χ0n) is 15.5. The van der Waals surface area contributed by atoms with Gasteiger partial charge in [-0.05, 0) is 18.2 Å². The number of rotatable bonds is 6. The van der Waals surface area contributed by atoms with Crippen LogP contribution in [0, 0.1) is 0 Å². The smallest absolute Gasteiger partial charge is 0.352 e. The maximum Gasteiger partial charge on any atom is 0.352 e. The first kappa shape index (κ1) is 19.4. The van der Waals surface area contributed by atoms with E-state index in [0.717, 1.165) is 5.56 Å². The van der Waals surface area contributed by atoms with E-state index in [1.165, 1.54) is 18.5 Å². The molecule has 1 aromatic carbocycles. The Hall–Kier alpha value is -3.97. The van der Waals surface area contributed by atoms with Crippen molar-refractivity contribution in [1.29, 1.82) is 0 Å². The zero-order chi connectivity index (χ0) is 20.9. The molecule has 7 nitrogen and oxygen atoms in total. The van der Waals surface area contributed by atoms with Crippen LogP contribution >= 0.6 is 11.6 Å². The third-order valence-corrected chi connectivity index (χ3v) is 4.34. The zero-order valence-corrected chi connectivity index (χ0v) is 16.2. The molecule has 4 aromatic rings. The molecule has 30 heavy (non-hydrogen) atoms. The lowest BCUT2D eigenvalue weighted by Gasteiger charge is -2.13. The van der Waals surface area contributed by atoms with Gasteiger partial charge in [-0.3, -0.25) is 4.98 Å². The molecule has 0 aliphatic carbocycles. The first-order valence-corrected chi connectivity index (χ1v) is 9.27. The van der Waals surface area contributed by atoms with Crippen molar-refractivity contribution in [3.05, 3.63) is 89.9 Å². The van der Waals surface area contributed by atoms with Gasteiger partial charge in [-0.25, -0.2) is 14.8 Å². The number of hydrogen-bond donors (Lipinski definition) is 2. The molecule has 2 N–H and O–H groups in total. The molecule has 3 aromatic heterocycles. The van der Waals surface area contributed by atoms with Gasteiger partial charge < -0.3 is 14.8 Å². The molecule has 0 aliphatic heterocycles. The molecule has 0 radical (unpaired) electrons. The van der Waals surface area contributed by atoms with Crippen LogP contribution in [0.3, 0.4) is 0 Å². The van der Waals surface area contributed by atoms with Gasteiger partial charge in [0.05, 0.1) is 23.2 Å². The van der Waals surface area contributed by atoms with Gasteiger partial charge in [0.1, 0.15) is 17.2 Å². The summed E-state index contributed by atoms with van der Waals surface area (Å²) in [5.74, 6) is -0.533. The second kappa shape index (κ2) is 8.59. The van der Waals surface area contributed by atoms with Gasteiger partial charge in [-0.2, -0.15) is 0 Å². The highest BCUT2D eigenvalue weighted by Gasteiger charge is 2.16. The molecule has 0 saturated heterocycles. The summed E-state index contributed by atoms with van der Waals surface area (Å²) in [7, 11) is 0. The van der Waals surface area contributed by atoms with E-state index in [1.54, 1.807) is 30.6 Å². The lowest BCUT2D eigenvalue weighted by Crippen LogP contribution is -2.12. The highest BCUT2D eigenvalue weighted by atomic mass is 35.5. The van der Waals surface area contributed by atoms with Crippen LogP contribution in [-0.4, -0.2) is 26.0 Å². The molecule has 0 amide bonds. The van der Waals surface area contributed by atoms with Crippen LogP contribution in [0.1, 0.15) is 5.76 Å². The number of nitrogens with zero attached hydrogens (tertiary/aromatic N) is 3. The number of carboxylic acid groups (broad SMARTS) is 1. The Labute approximate surface area is 176 Å². The van der Waals surface area contributed by atoms with E-state index in [4.69, 9.17) is 21.0 Å². The van der Waals surface area contributed by atoms with E-state index in [2.05, 4.69) is 15.3 Å². The third-order valence-electron chi connectivity index (χ3n) is 4.13. The van der Waals surface area contributed by atoms with Gasteiger partial charge in [0.2, 0.25) is 0 Å². The van der Waals surface area contributed by atoms with Crippen LogP contribution in [0.15, 0.2) is 83.5 Å². The largest absolute Gasteiger partial charge is 0.477 e. The Morgan fingerprint density at radius 3 is 2.60 bits per heavy atom. The van der Waals surface area contributed by atoms with Gasteiger partial charge >= 0.3 is 5.97 Å². The Morgan fingerprint density at radius 1 is 1.07 bits per heavy atom. The number of pyridine rings is 1. The molecular weight excluding hydrogens is 404 g/mol. The SMILES string of the molecule is O=C(O)/C(=C/c1ccco1)Nc1ncc(-c2ccccc2)nc1-c1cncc(Cl)c1. The molecule has 0 bridgehead atoms. The van der Waals surface area contributed by atoms with Crippen molar-refractivity contribution in [2.24, 2.45) is 0 Å². The van der Waals surface area contributed by atoms with Crippen molar-refractivity contribution in [3.8, 4) is 22.5 Å². The summed E-state index contributed by atoms with van der Waals surface area (Å²) in [5, 5.41) is 12.9. The van der Waals surface area contributed by atoms with Crippen molar-refractivity contribution in [2.75, 3.05) is 5.32 Å². The summed E-state index contributed by atoms with van der Waals surface area (Å²) < 4.78 is 5.22. The van der Waals surface area contributed by atoms with E-state index in [-0.39, 0.29) is 11.5 Å². The summed E-state index contributed by atoms with van der Waals surface area (Å²) >= 11 is 6.11. The van der Waals surface area contributed by atoms with Crippen molar-refractivity contribution in [1.82, 2.24) is 15.0 Å². The fraction of sp³-hybridized carbons (Fsp3) is 0. The number of aromatic nitrogens is 3. The topological polar surface area (TPSA) is 101 Å². The van der Waals surface area contributed by atoms with Gasteiger partial charge in [0, 0.05) is 29.6 Å². The molecular formula is C22H15ClN4O3. The Kier molecular flexibility index (Phi) is 5.54. The molecule has 148 valence electrons. The first-order chi connectivity index (χ1) is 14.6. The van der Waals surface area contributed by atoms with E-state index in [0.29, 0.717) is 27.7 Å². The molecule has 4 rings (SSSR count). The van der Waals surface area contributed by atoms with Crippen molar-refractivity contribution < 1.29 is 14.3 Å². The van der Waals surface area contributed by atoms with Crippen LogP contribution in [0.25, 0.3) is 28.6 Å². The highest BCUT2D eigenvalue weighted by Crippen LogP contribution is 2.29. The number of nitrogens with one attached hydrogen (secondary N) is 1. The fourth-order valence-corrected chi connectivity index (χ4v) is 2.94. The molecule has 0 aliphatic rings. The number of carboxylic acids is 1. The van der Waals surface area contributed by atoms with Crippen LogP contribution in [0.5, 0.6) is 0 Å². The summed E-state index contributed by atoms with van der Waals surface area (Å²) in [5.41, 5.74) is 2.39. The normalized spacial score (nSPS) is 11.3. The number of anilines is 1. The first-order valence-electron chi connectivity index (χ1n) is 8.89. The van der Waals surface area contributed by atoms with Crippen LogP contribution in [-0.2, 0) is 4.79 Å². The van der Waals surface area contributed by atoms with Crippen LogP contribution in [0.2, 0.25) is 5.02 Å². The summed E-state index contributed by atoms with van der Waals surface area (Å²) in [6.07, 6.45) is 7.50. The standard InChI is InChI=1S/C22H15ClN4O3/c23-16-9-15(11-24-12-16)20-21(25-13-19(26-20)14-5-2-1-3-6-14)27-18(22(28)29)10-17-7-4-8-30-17/h1-13H,(H,25,27)(H,28,29)/b18-10-. The van der Waals surface area contributed by atoms with Gasteiger partial charge in [0.25, 0.3) is 0 Å². The monoisotopic (exact) mass is 418 g/mol. The third kappa shape index (κ3) is 4.37. The summed E-state index contributed by atoms with van der Waals surface area (Å²) in [6.45, 7) is 0. The minimum atomic E-state index is -1.17. The van der Waals surface area contributed by atoms with Gasteiger partial charge in [0.15, 0.2) is 5.82 Å². The van der Waals surface area contributed by atoms with E-state index in [9.17, 15) is 9.90 Å². The molecule has 0 saturated carbocycles. The minimum Gasteiger partial charge on any atom is -0.477 e. The number of furan rings is 1. The molecule has 0 unspecified atom stereocenters. The second-order valence-corrected chi connectivity index (χ2v) is 6.65. The Bertz CT molecular complexity index is 1210. The minimum absolute atomic E-state index is 0.122. The molecule has 0 atom stereocenters. The predicted molar refractivity (Wildman–Crippen MR) is 114 cm³/mol. The maximum absolute atomic E-state index is 11.8. The van der Waals surface area contributed by atoms with Crippen molar-refractivity contribution >= 4 is 29.5 Å². The van der Waals surface area contributed by atoms with E-state index >= 15 is 0 Å². The van der Waals surface area contributed by atoms with Gasteiger partial charge in [-0.15, -0.1) is 0 Å². The molecule has 0 fully saturated rings. The van der Waals surface area contributed by atoms with Crippen molar-refractivity contribution in [2.45, 2.75) is 0 Å². The number of hydrogen-bond acceptors (Lipinski definition) is 6. The maximum atomic E-state index is 11.8. The van der Waals surface area contributed by atoms with Gasteiger partial charge in [-0.1, -0.05) is 41.9 Å². The lowest BCUT2D eigenvalue weighted by atomic mass is 10.1. The Morgan fingerprint density at radius 2 is 1.90 bits per heavy atom. The average molecular weight is 419 g/mol. The molecule has 8 heteroatoms. The van der Waals surface area contributed by atoms with Crippen LogP contribution in [0.4, 0.5) is 5.82 Å². The predicted octanol–water partition coefficient (Wildman–Crippen LogP) is 4.99. The van der Waals surface area contributed by atoms with E-state index < -0.39 is 5.97 Å². The molecule has 0 spiro atoms. The quantitative estimate of drug-likeness (QED) is 0.425.